The molecule has 1 aliphatic rings. The first-order valence-electron chi connectivity index (χ1n) is 7.53. The Morgan fingerprint density at radius 3 is 2.91 bits per heavy atom. The number of nitrogens with zero attached hydrogens (tertiary/aromatic N) is 3. The molecule has 1 aromatic rings. The van der Waals surface area contributed by atoms with Crippen molar-refractivity contribution in [1.82, 2.24) is 0 Å². The van der Waals surface area contributed by atoms with Crippen molar-refractivity contribution < 1.29 is 9.66 Å². The lowest BCUT2D eigenvalue weighted by atomic mass is 9.91. The summed E-state index contributed by atoms with van der Waals surface area (Å²) >= 11 is 0. The molecule has 6 nitrogen and oxygen atoms in total. The molecule has 0 N–H and O–H groups in total. The van der Waals surface area contributed by atoms with Gasteiger partial charge in [-0.25, -0.2) is 0 Å². The smallest absolute Gasteiger partial charge is 0.293 e. The normalized spacial score (nSPS) is 20.9. The predicted octanol–water partition coefficient (Wildman–Crippen LogP) is 3.25. The molecule has 1 atom stereocenters. The molecule has 0 radical (unpaired) electrons. The summed E-state index contributed by atoms with van der Waals surface area (Å²) in [6.45, 7) is 3.44. The van der Waals surface area contributed by atoms with E-state index in [0.717, 1.165) is 32.2 Å². The number of ether oxygens (including phenoxy) is 1. The summed E-state index contributed by atoms with van der Waals surface area (Å²) in [5.41, 5.74) is 0.703. The van der Waals surface area contributed by atoms with Gasteiger partial charge >= 0.3 is 0 Å². The molecule has 1 unspecified atom stereocenters. The molecule has 0 aliphatic carbocycles. The summed E-state index contributed by atoms with van der Waals surface area (Å²) in [6, 6.07) is 6.66. The minimum Gasteiger partial charge on any atom is -0.382 e. The van der Waals surface area contributed by atoms with Crippen molar-refractivity contribution in [2.24, 2.45) is 0 Å². The lowest BCUT2D eigenvalue weighted by molar-refractivity contribution is -0.384. The zero-order valence-corrected chi connectivity index (χ0v) is 13.0. The van der Waals surface area contributed by atoms with E-state index in [-0.39, 0.29) is 11.2 Å². The SMILES string of the molecule is CCCC1(COC)CCCN1c1ccc(C#N)cc1[N+](=O)[O-]. The fourth-order valence-electron chi connectivity index (χ4n) is 3.50. The third kappa shape index (κ3) is 2.90. The van der Waals surface area contributed by atoms with Gasteiger partial charge in [-0.1, -0.05) is 13.3 Å². The molecule has 0 amide bonds. The summed E-state index contributed by atoms with van der Waals surface area (Å²) < 4.78 is 5.41. The fraction of sp³-hybridized carbons (Fsp3) is 0.562. The van der Waals surface area contributed by atoms with Gasteiger partial charge in [-0.2, -0.15) is 5.26 Å². The molecule has 1 saturated heterocycles. The van der Waals surface area contributed by atoms with Crippen LogP contribution in [-0.4, -0.2) is 30.7 Å². The van der Waals surface area contributed by atoms with Crippen LogP contribution in [0.3, 0.4) is 0 Å². The summed E-state index contributed by atoms with van der Waals surface area (Å²) in [6.07, 6.45) is 3.87. The van der Waals surface area contributed by atoms with Crippen LogP contribution in [0.25, 0.3) is 0 Å². The molecule has 0 aromatic heterocycles. The van der Waals surface area contributed by atoms with Gasteiger partial charge in [0.05, 0.1) is 28.7 Å². The number of nitriles is 1. The maximum atomic E-state index is 11.4. The first-order valence-corrected chi connectivity index (χ1v) is 7.53. The van der Waals surface area contributed by atoms with Crippen LogP contribution in [0.2, 0.25) is 0 Å². The zero-order valence-electron chi connectivity index (χ0n) is 13.0. The van der Waals surface area contributed by atoms with E-state index in [1.54, 1.807) is 19.2 Å². The van der Waals surface area contributed by atoms with Crippen LogP contribution in [0.5, 0.6) is 0 Å². The summed E-state index contributed by atoms with van der Waals surface area (Å²) in [7, 11) is 1.67. The zero-order chi connectivity index (χ0) is 16.2. The molecule has 1 aromatic carbocycles. The maximum absolute atomic E-state index is 11.4. The van der Waals surface area contributed by atoms with E-state index in [1.807, 2.05) is 6.07 Å². The van der Waals surface area contributed by atoms with Gasteiger partial charge in [0.1, 0.15) is 5.69 Å². The lowest BCUT2D eigenvalue weighted by Gasteiger charge is -2.39. The monoisotopic (exact) mass is 303 g/mol. The second kappa shape index (κ2) is 6.75. The van der Waals surface area contributed by atoms with Crippen LogP contribution in [0.15, 0.2) is 18.2 Å². The molecule has 22 heavy (non-hydrogen) atoms. The van der Waals surface area contributed by atoms with E-state index in [0.29, 0.717) is 17.9 Å². The Labute approximate surface area is 130 Å². The Hall–Kier alpha value is -2.13. The molecular weight excluding hydrogens is 282 g/mol. The van der Waals surface area contributed by atoms with Gasteiger partial charge in [0.25, 0.3) is 5.69 Å². The first-order chi connectivity index (χ1) is 10.6. The number of anilines is 1. The van der Waals surface area contributed by atoms with Crippen LogP contribution in [0.4, 0.5) is 11.4 Å². The van der Waals surface area contributed by atoms with Gasteiger partial charge in [0, 0.05) is 19.7 Å². The number of methoxy groups -OCH3 is 1. The van der Waals surface area contributed by atoms with Crippen LogP contribution >= 0.6 is 0 Å². The van der Waals surface area contributed by atoms with Crippen LogP contribution in [-0.2, 0) is 4.74 Å². The largest absolute Gasteiger partial charge is 0.382 e. The van der Waals surface area contributed by atoms with Crippen molar-refractivity contribution in [3.63, 3.8) is 0 Å². The first kappa shape index (κ1) is 16.2. The van der Waals surface area contributed by atoms with Gasteiger partial charge in [-0.15, -0.1) is 0 Å². The highest BCUT2D eigenvalue weighted by atomic mass is 16.6. The van der Waals surface area contributed by atoms with Gasteiger partial charge in [0.2, 0.25) is 0 Å². The highest BCUT2D eigenvalue weighted by Crippen LogP contribution is 2.41. The van der Waals surface area contributed by atoms with E-state index < -0.39 is 4.92 Å². The van der Waals surface area contributed by atoms with Crippen LogP contribution < -0.4 is 4.90 Å². The summed E-state index contributed by atoms with van der Waals surface area (Å²) in [4.78, 5) is 13.1. The number of nitro groups is 1. The fourth-order valence-corrected chi connectivity index (χ4v) is 3.50. The van der Waals surface area contributed by atoms with Crippen molar-refractivity contribution in [1.29, 1.82) is 5.26 Å². The van der Waals surface area contributed by atoms with Gasteiger partial charge in [-0.3, -0.25) is 10.1 Å². The van der Waals surface area contributed by atoms with E-state index in [2.05, 4.69) is 11.8 Å². The minimum absolute atomic E-state index is 0.00229. The third-order valence-electron chi connectivity index (χ3n) is 4.32. The predicted molar refractivity (Wildman–Crippen MR) is 83.9 cm³/mol. The molecule has 1 aliphatic heterocycles. The van der Waals surface area contributed by atoms with Crippen molar-refractivity contribution >= 4 is 11.4 Å². The molecule has 2 rings (SSSR count). The number of hydrogen-bond acceptors (Lipinski definition) is 5. The Morgan fingerprint density at radius 1 is 1.55 bits per heavy atom. The molecule has 1 heterocycles. The number of benzene rings is 1. The molecule has 118 valence electrons. The van der Waals surface area contributed by atoms with E-state index >= 15 is 0 Å². The third-order valence-corrected chi connectivity index (χ3v) is 4.32. The average molecular weight is 303 g/mol. The summed E-state index contributed by atoms with van der Waals surface area (Å²) in [5, 5.41) is 20.4. The average Bonchev–Trinajstić information content (AvgIpc) is 2.90. The van der Waals surface area contributed by atoms with Crippen molar-refractivity contribution in [3.8, 4) is 6.07 Å². The Balaban J connectivity index is 2.49. The quantitative estimate of drug-likeness (QED) is 0.595. The highest BCUT2D eigenvalue weighted by Gasteiger charge is 2.42. The molecular formula is C16H21N3O3. The Kier molecular flexibility index (Phi) is 4.99. The second-order valence-electron chi connectivity index (χ2n) is 5.73. The topological polar surface area (TPSA) is 79.4 Å². The molecule has 0 bridgehead atoms. The minimum atomic E-state index is -0.405. The van der Waals surface area contributed by atoms with Gasteiger partial charge in [0.15, 0.2) is 0 Å². The van der Waals surface area contributed by atoms with Gasteiger partial charge < -0.3 is 9.64 Å². The Morgan fingerprint density at radius 2 is 2.32 bits per heavy atom. The van der Waals surface area contributed by atoms with Crippen LogP contribution in [0, 0.1) is 21.4 Å². The lowest BCUT2D eigenvalue weighted by Crippen LogP contribution is -2.48. The summed E-state index contributed by atoms with van der Waals surface area (Å²) in [5.74, 6) is 0. The van der Waals surface area contributed by atoms with E-state index in [1.165, 1.54) is 6.07 Å². The highest BCUT2D eigenvalue weighted by molar-refractivity contribution is 5.67. The molecule has 0 saturated carbocycles. The number of rotatable bonds is 6. The van der Waals surface area contributed by atoms with Crippen LogP contribution in [0.1, 0.15) is 38.2 Å². The van der Waals surface area contributed by atoms with Crippen molar-refractivity contribution in [2.75, 3.05) is 25.2 Å². The van der Waals surface area contributed by atoms with Crippen molar-refractivity contribution in [3.05, 3.63) is 33.9 Å². The standard InChI is InChI=1S/C16H21N3O3/c1-3-7-16(12-22-2)8-4-9-18(16)14-6-5-13(11-17)10-15(14)19(20)21/h5-6,10H,3-4,7-9,12H2,1-2H3. The molecule has 6 heteroatoms. The van der Waals surface area contributed by atoms with E-state index in [9.17, 15) is 10.1 Å². The second-order valence-corrected chi connectivity index (χ2v) is 5.73. The molecule has 0 spiro atoms. The van der Waals surface area contributed by atoms with E-state index in [4.69, 9.17) is 10.00 Å². The number of hydrogen-bond donors (Lipinski definition) is 0. The Bertz CT molecular complexity index is 589. The van der Waals surface area contributed by atoms with Gasteiger partial charge in [-0.05, 0) is 31.4 Å². The maximum Gasteiger partial charge on any atom is 0.293 e. The van der Waals surface area contributed by atoms with Crippen molar-refractivity contribution in [2.45, 2.75) is 38.1 Å². The number of nitro benzene ring substituents is 1. The molecule has 1 fully saturated rings.